The molecule has 18 heavy (non-hydrogen) atoms. The third-order valence-electron chi connectivity index (χ3n) is 2.09. The number of rotatable bonds is 2. The minimum atomic E-state index is -4.39. The Morgan fingerprint density at radius 2 is 2.00 bits per heavy atom. The molecule has 2 N–H and O–H groups in total. The van der Waals surface area contributed by atoms with E-state index in [9.17, 15) is 13.2 Å². The first-order valence-corrected chi connectivity index (χ1v) is 4.71. The summed E-state index contributed by atoms with van der Waals surface area (Å²) >= 11 is 0. The van der Waals surface area contributed by atoms with Crippen LogP contribution in [0.15, 0.2) is 28.8 Å². The van der Waals surface area contributed by atoms with Crippen LogP contribution in [0.1, 0.15) is 11.5 Å². The Morgan fingerprint density at radius 3 is 2.56 bits per heavy atom. The molecule has 1 aromatic heterocycles. The Labute approximate surface area is 106 Å². The van der Waals surface area contributed by atoms with Gasteiger partial charge >= 0.3 is 6.18 Å². The minimum absolute atomic E-state index is 0. The summed E-state index contributed by atoms with van der Waals surface area (Å²) in [5, 5.41) is 3.55. The summed E-state index contributed by atoms with van der Waals surface area (Å²) in [6.45, 7) is 0.0476. The minimum Gasteiger partial charge on any atom is -0.338 e. The monoisotopic (exact) mass is 279 g/mol. The fourth-order valence-corrected chi connectivity index (χ4v) is 1.29. The first-order valence-electron chi connectivity index (χ1n) is 4.71. The van der Waals surface area contributed by atoms with Crippen molar-refractivity contribution in [2.75, 3.05) is 0 Å². The molecule has 0 spiro atoms. The standard InChI is InChI=1S/C10H8F3N3O.ClH/c11-10(12,13)7-3-1-2-6(4-7)9-15-8(5-14)17-16-9;/h1-4H,5,14H2;1H. The van der Waals surface area contributed by atoms with Gasteiger partial charge in [0.15, 0.2) is 0 Å². The Balaban J connectivity index is 0.00000162. The van der Waals surface area contributed by atoms with Gasteiger partial charge in [-0.15, -0.1) is 12.4 Å². The van der Waals surface area contributed by atoms with Crippen molar-refractivity contribution in [3.63, 3.8) is 0 Å². The smallest absolute Gasteiger partial charge is 0.338 e. The van der Waals surface area contributed by atoms with Crippen LogP contribution >= 0.6 is 12.4 Å². The van der Waals surface area contributed by atoms with Gasteiger partial charge in [0, 0.05) is 5.56 Å². The van der Waals surface area contributed by atoms with Crippen LogP contribution in [0.2, 0.25) is 0 Å². The number of alkyl halides is 3. The van der Waals surface area contributed by atoms with Crippen LogP contribution in [0, 0.1) is 0 Å². The molecule has 0 fully saturated rings. The molecule has 98 valence electrons. The lowest BCUT2D eigenvalue weighted by atomic mass is 10.1. The third-order valence-corrected chi connectivity index (χ3v) is 2.09. The van der Waals surface area contributed by atoms with E-state index in [-0.39, 0.29) is 36.2 Å². The van der Waals surface area contributed by atoms with Gasteiger partial charge in [0.05, 0.1) is 12.1 Å². The van der Waals surface area contributed by atoms with Gasteiger partial charge in [-0.05, 0) is 12.1 Å². The fourth-order valence-electron chi connectivity index (χ4n) is 1.29. The highest BCUT2D eigenvalue weighted by atomic mass is 35.5. The number of hydrogen-bond acceptors (Lipinski definition) is 4. The zero-order chi connectivity index (χ0) is 12.5. The maximum atomic E-state index is 12.5. The van der Waals surface area contributed by atoms with Crippen molar-refractivity contribution >= 4 is 12.4 Å². The molecular weight excluding hydrogens is 271 g/mol. The van der Waals surface area contributed by atoms with Crippen LogP contribution in [0.3, 0.4) is 0 Å². The van der Waals surface area contributed by atoms with Crippen molar-refractivity contribution in [3.8, 4) is 11.4 Å². The van der Waals surface area contributed by atoms with Crippen molar-refractivity contribution in [2.45, 2.75) is 12.7 Å². The second-order valence-electron chi connectivity index (χ2n) is 3.29. The largest absolute Gasteiger partial charge is 0.416 e. The summed E-state index contributed by atoms with van der Waals surface area (Å²) in [4.78, 5) is 3.85. The van der Waals surface area contributed by atoms with Crippen molar-refractivity contribution in [3.05, 3.63) is 35.7 Å². The van der Waals surface area contributed by atoms with Crippen molar-refractivity contribution in [1.82, 2.24) is 10.1 Å². The zero-order valence-corrected chi connectivity index (χ0v) is 9.76. The highest BCUT2D eigenvalue weighted by Crippen LogP contribution is 2.31. The second kappa shape index (κ2) is 5.36. The lowest BCUT2D eigenvalue weighted by molar-refractivity contribution is -0.137. The number of nitrogens with two attached hydrogens (primary N) is 1. The summed E-state index contributed by atoms with van der Waals surface area (Å²) < 4.78 is 42.1. The molecule has 0 amide bonds. The highest BCUT2D eigenvalue weighted by molar-refractivity contribution is 5.85. The molecule has 2 aromatic rings. The SMILES string of the molecule is Cl.NCc1nc(-c2cccc(C(F)(F)F)c2)no1. The second-order valence-corrected chi connectivity index (χ2v) is 3.29. The molecule has 0 radical (unpaired) electrons. The summed E-state index contributed by atoms with van der Waals surface area (Å²) in [7, 11) is 0. The lowest BCUT2D eigenvalue weighted by Crippen LogP contribution is -2.04. The van der Waals surface area contributed by atoms with E-state index in [0.29, 0.717) is 0 Å². The third kappa shape index (κ3) is 2.99. The first kappa shape index (κ1) is 14.5. The topological polar surface area (TPSA) is 64.9 Å². The predicted octanol–water partition coefficient (Wildman–Crippen LogP) is 2.64. The zero-order valence-electron chi connectivity index (χ0n) is 8.94. The normalized spacial score (nSPS) is 11.1. The Kier molecular flexibility index (Phi) is 4.31. The number of hydrogen-bond donors (Lipinski definition) is 1. The van der Waals surface area contributed by atoms with Crippen LogP contribution in [0.25, 0.3) is 11.4 Å². The number of halogens is 4. The maximum absolute atomic E-state index is 12.5. The predicted molar refractivity (Wildman–Crippen MR) is 59.9 cm³/mol. The molecule has 1 aromatic carbocycles. The van der Waals surface area contributed by atoms with Crippen LogP contribution in [0.5, 0.6) is 0 Å². The van der Waals surface area contributed by atoms with E-state index < -0.39 is 11.7 Å². The summed E-state index contributed by atoms with van der Waals surface area (Å²) in [5.41, 5.74) is 4.75. The van der Waals surface area contributed by atoms with Gasteiger partial charge in [-0.25, -0.2) is 0 Å². The van der Waals surface area contributed by atoms with Gasteiger partial charge in [-0.1, -0.05) is 17.3 Å². The number of benzene rings is 1. The lowest BCUT2D eigenvalue weighted by Gasteiger charge is -2.06. The quantitative estimate of drug-likeness (QED) is 0.918. The van der Waals surface area contributed by atoms with E-state index in [1.807, 2.05) is 0 Å². The van der Waals surface area contributed by atoms with Crippen molar-refractivity contribution < 1.29 is 17.7 Å². The summed E-state index contributed by atoms with van der Waals surface area (Å²) in [5.74, 6) is 0.272. The Morgan fingerprint density at radius 1 is 1.28 bits per heavy atom. The van der Waals surface area contributed by atoms with Gasteiger partial charge < -0.3 is 10.3 Å². The molecule has 0 unspecified atom stereocenters. The highest BCUT2D eigenvalue weighted by Gasteiger charge is 2.30. The van der Waals surface area contributed by atoms with Crippen LogP contribution in [-0.2, 0) is 12.7 Å². The van der Waals surface area contributed by atoms with E-state index in [1.54, 1.807) is 0 Å². The van der Waals surface area contributed by atoms with Gasteiger partial charge in [0.1, 0.15) is 0 Å². The van der Waals surface area contributed by atoms with E-state index in [2.05, 4.69) is 10.1 Å². The fraction of sp³-hybridized carbons (Fsp3) is 0.200. The summed E-state index contributed by atoms with van der Waals surface area (Å²) in [6.07, 6.45) is -4.39. The molecule has 0 aliphatic heterocycles. The van der Waals surface area contributed by atoms with Crippen LogP contribution in [-0.4, -0.2) is 10.1 Å². The van der Waals surface area contributed by atoms with E-state index >= 15 is 0 Å². The molecule has 0 saturated heterocycles. The van der Waals surface area contributed by atoms with E-state index in [4.69, 9.17) is 10.3 Å². The molecule has 0 aliphatic rings. The molecular formula is C10H9ClF3N3O. The summed E-state index contributed by atoms with van der Waals surface area (Å²) in [6, 6.07) is 4.70. The molecule has 0 bridgehead atoms. The number of nitrogens with zero attached hydrogens (tertiary/aromatic N) is 2. The average molecular weight is 280 g/mol. The van der Waals surface area contributed by atoms with Crippen LogP contribution < -0.4 is 5.73 Å². The molecule has 0 saturated carbocycles. The van der Waals surface area contributed by atoms with E-state index in [1.165, 1.54) is 12.1 Å². The number of aromatic nitrogens is 2. The molecule has 2 rings (SSSR count). The molecule has 0 atom stereocenters. The van der Waals surface area contributed by atoms with Gasteiger partial charge in [-0.3, -0.25) is 0 Å². The van der Waals surface area contributed by atoms with Gasteiger partial charge in [0.2, 0.25) is 11.7 Å². The Hall–Kier alpha value is -1.60. The molecule has 0 aliphatic carbocycles. The molecule has 1 heterocycles. The Bertz CT molecular complexity index is 527. The van der Waals surface area contributed by atoms with Crippen molar-refractivity contribution in [2.24, 2.45) is 5.73 Å². The average Bonchev–Trinajstić information content (AvgIpc) is 2.76. The van der Waals surface area contributed by atoms with Gasteiger partial charge in [0.25, 0.3) is 0 Å². The van der Waals surface area contributed by atoms with Gasteiger partial charge in [-0.2, -0.15) is 18.2 Å². The van der Waals surface area contributed by atoms with Crippen LogP contribution in [0.4, 0.5) is 13.2 Å². The molecule has 4 nitrogen and oxygen atoms in total. The van der Waals surface area contributed by atoms with Crippen molar-refractivity contribution in [1.29, 1.82) is 0 Å². The maximum Gasteiger partial charge on any atom is 0.416 e. The first-order chi connectivity index (χ1) is 8.00. The molecule has 8 heteroatoms. The van der Waals surface area contributed by atoms with E-state index in [0.717, 1.165) is 12.1 Å².